The lowest BCUT2D eigenvalue weighted by Gasteiger charge is -2.30. The average molecular weight is 451 g/mol. The van der Waals surface area contributed by atoms with Gasteiger partial charge in [-0.2, -0.15) is 10.6 Å². The van der Waals surface area contributed by atoms with Crippen LogP contribution in [-0.4, -0.2) is 45.4 Å². The van der Waals surface area contributed by atoms with Gasteiger partial charge >= 0.3 is 0 Å². The van der Waals surface area contributed by atoms with E-state index in [9.17, 15) is 18.7 Å². The zero-order chi connectivity index (χ0) is 22.7. The van der Waals surface area contributed by atoms with Gasteiger partial charge in [-0.1, -0.05) is 0 Å². The Hall–Kier alpha value is -2.75. The summed E-state index contributed by atoms with van der Waals surface area (Å²) in [6.07, 6.45) is 1.17. The highest BCUT2D eigenvalue weighted by Crippen LogP contribution is 2.38. The lowest BCUT2D eigenvalue weighted by molar-refractivity contribution is -0.117. The van der Waals surface area contributed by atoms with Crippen molar-refractivity contribution in [1.82, 2.24) is 0 Å². The molecular weight excluding hydrogens is 420 g/mol. The van der Waals surface area contributed by atoms with Crippen molar-refractivity contribution in [2.45, 2.75) is 25.7 Å². The summed E-state index contributed by atoms with van der Waals surface area (Å²) in [6.45, 7) is 0.642. The number of rotatable bonds is 14. The standard InChI is InChI=1S/C22H30N2O6S/c23-17-5-9-21(10-6-17)29-13-1-3-19(25)15-31(27,28)16-20(26)4-2-14-30-22-11-7-18(24)8-12-22/h5-12,27-28H,1-4,13-16,23-24H2. The minimum absolute atomic E-state index is 0.147. The molecule has 0 unspecified atom stereocenters. The molecule has 0 saturated carbocycles. The Bertz CT molecular complexity index is 771. The van der Waals surface area contributed by atoms with Crippen LogP contribution in [0.1, 0.15) is 25.7 Å². The molecule has 0 aliphatic heterocycles. The van der Waals surface area contributed by atoms with Crippen molar-refractivity contribution >= 4 is 33.5 Å². The van der Waals surface area contributed by atoms with E-state index in [1.54, 1.807) is 48.5 Å². The van der Waals surface area contributed by atoms with Gasteiger partial charge in [0, 0.05) is 24.2 Å². The van der Waals surface area contributed by atoms with Gasteiger partial charge in [-0.05, 0) is 61.4 Å². The van der Waals surface area contributed by atoms with E-state index >= 15 is 0 Å². The van der Waals surface area contributed by atoms with Crippen LogP contribution in [0.4, 0.5) is 11.4 Å². The van der Waals surface area contributed by atoms with Crippen LogP contribution in [0.5, 0.6) is 11.5 Å². The van der Waals surface area contributed by atoms with Crippen molar-refractivity contribution in [2.24, 2.45) is 0 Å². The van der Waals surface area contributed by atoms with E-state index in [1.165, 1.54) is 0 Å². The van der Waals surface area contributed by atoms with Gasteiger partial charge in [0.15, 0.2) is 11.6 Å². The molecule has 6 N–H and O–H groups in total. The summed E-state index contributed by atoms with van der Waals surface area (Å²) in [5.74, 6) is -0.139. The highest BCUT2D eigenvalue weighted by Gasteiger charge is 2.21. The second-order valence-electron chi connectivity index (χ2n) is 7.21. The first kappa shape index (κ1) is 24.5. The molecule has 0 aliphatic rings. The molecule has 8 nitrogen and oxygen atoms in total. The number of hydrogen-bond donors (Lipinski definition) is 4. The van der Waals surface area contributed by atoms with Gasteiger partial charge in [0.25, 0.3) is 0 Å². The third kappa shape index (κ3) is 10.2. The van der Waals surface area contributed by atoms with Crippen LogP contribution in [-0.2, 0) is 9.59 Å². The molecule has 9 heteroatoms. The molecule has 170 valence electrons. The Labute approximate surface area is 183 Å². The first-order chi connectivity index (χ1) is 14.7. The van der Waals surface area contributed by atoms with Crippen LogP contribution in [0, 0.1) is 0 Å². The molecule has 0 heterocycles. The lowest BCUT2D eigenvalue weighted by Crippen LogP contribution is -2.21. The van der Waals surface area contributed by atoms with Crippen LogP contribution in [0.2, 0.25) is 0 Å². The maximum atomic E-state index is 12.0. The summed E-state index contributed by atoms with van der Waals surface area (Å²) < 4.78 is 31.2. The number of ether oxygens (including phenoxy) is 2. The predicted molar refractivity (Wildman–Crippen MR) is 124 cm³/mol. The Morgan fingerprint density at radius 3 is 1.42 bits per heavy atom. The smallest absolute Gasteiger partial charge is 0.151 e. The van der Waals surface area contributed by atoms with E-state index in [0.29, 0.717) is 48.9 Å². The monoisotopic (exact) mass is 450 g/mol. The molecule has 0 amide bonds. The van der Waals surface area contributed by atoms with Crippen molar-refractivity contribution in [3.63, 3.8) is 0 Å². The topological polar surface area (TPSA) is 145 Å². The zero-order valence-corrected chi connectivity index (χ0v) is 18.2. The van der Waals surface area contributed by atoms with Gasteiger partial charge in [-0.15, -0.1) is 0 Å². The van der Waals surface area contributed by atoms with Crippen LogP contribution in [0.15, 0.2) is 48.5 Å². The van der Waals surface area contributed by atoms with Gasteiger partial charge in [0.05, 0.1) is 24.7 Å². The molecule has 31 heavy (non-hydrogen) atoms. The predicted octanol–water partition coefficient (Wildman–Crippen LogP) is 3.76. The molecule has 0 bridgehead atoms. The SMILES string of the molecule is Nc1ccc(OCCCC(=O)CS(O)(O)CC(=O)CCCOc2ccc(N)cc2)cc1. The third-order valence-electron chi connectivity index (χ3n) is 4.28. The number of carbonyl (C=O) groups excluding carboxylic acids is 2. The summed E-state index contributed by atoms with van der Waals surface area (Å²) in [4.78, 5) is 24.1. The van der Waals surface area contributed by atoms with E-state index in [-0.39, 0.29) is 24.4 Å². The molecular formula is C22H30N2O6S. The van der Waals surface area contributed by atoms with Crippen LogP contribution in [0.25, 0.3) is 0 Å². The van der Waals surface area contributed by atoms with Crippen LogP contribution >= 0.6 is 10.6 Å². The highest BCUT2D eigenvalue weighted by atomic mass is 32.3. The number of ketones is 2. The lowest BCUT2D eigenvalue weighted by atomic mass is 10.2. The molecule has 0 atom stereocenters. The van der Waals surface area contributed by atoms with Gasteiger partial charge in [0.1, 0.15) is 11.5 Å². The molecule has 0 saturated heterocycles. The quantitative estimate of drug-likeness (QED) is 0.251. The molecule has 2 aromatic carbocycles. The number of anilines is 2. The van der Waals surface area contributed by atoms with Gasteiger partial charge in [-0.25, -0.2) is 0 Å². The van der Waals surface area contributed by atoms with Gasteiger partial charge in [0.2, 0.25) is 0 Å². The molecule has 0 aliphatic carbocycles. The fourth-order valence-electron chi connectivity index (χ4n) is 2.76. The maximum absolute atomic E-state index is 12.0. The van der Waals surface area contributed by atoms with Gasteiger partial charge < -0.3 is 20.9 Å². The van der Waals surface area contributed by atoms with E-state index in [0.717, 1.165) is 0 Å². The fraction of sp³-hybridized carbons (Fsp3) is 0.364. The minimum Gasteiger partial charge on any atom is -0.494 e. The first-order valence-electron chi connectivity index (χ1n) is 9.97. The van der Waals surface area contributed by atoms with Crippen LogP contribution < -0.4 is 20.9 Å². The number of Topliss-reactive ketones (excluding diaryl/α,β-unsaturated/α-hetero) is 2. The maximum Gasteiger partial charge on any atom is 0.151 e. The van der Waals surface area contributed by atoms with E-state index in [2.05, 4.69) is 0 Å². The van der Waals surface area contributed by atoms with E-state index < -0.39 is 22.1 Å². The zero-order valence-electron chi connectivity index (χ0n) is 17.4. The Morgan fingerprint density at radius 1 is 0.710 bits per heavy atom. The Morgan fingerprint density at radius 2 is 1.06 bits per heavy atom. The van der Waals surface area contributed by atoms with E-state index in [4.69, 9.17) is 20.9 Å². The summed E-state index contributed by atoms with van der Waals surface area (Å²) >= 11 is 0. The van der Waals surface area contributed by atoms with Gasteiger partial charge in [-0.3, -0.25) is 18.7 Å². The third-order valence-corrected chi connectivity index (χ3v) is 5.85. The first-order valence-corrected chi connectivity index (χ1v) is 11.9. The number of nitrogen functional groups attached to an aromatic ring is 2. The van der Waals surface area contributed by atoms with Crippen molar-refractivity contribution < 1.29 is 28.2 Å². The molecule has 0 aromatic heterocycles. The van der Waals surface area contributed by atoms with Crippen molar-refractivity contribution in [1.29, 1.82) is 0 Å². The summed E-state index contributed by atoms with van der Waals surface area (Å²) in [5, 5.41) is 0. The molecule has 0 spiro atoms. The molecule has 0 fully saturated rings. The normalized spacial score (nSPS) is 11.7. The summed E-state index contributed by atoms with van der Waals surface area (Å²) in [6, 6.07) is 13.8. The largest absolute Gasteiger partial charge is 0.494 e. The molecule has 2 rings (SSSR count). The Kier molecular flexibility index (Phi) is 9.64. The Balaban J connectivity index is 1.59. The number of carbonyl (C=O) groups is 2. The van der Waals surface area contributed by atoms with Crippen LogP contribution in [0.3, 0.4) is 0 Å². The number of benzene rings is 2. The fourth-order valence-corrected chi connectivity index (χ4v) is 4.18. The summed E-state index contributed by atoms with van der Waals surface area (Å²) in [7, 11) is -3.28. The highest BCUT2D eigenvalue weighted by molar-refractivity contribution is 8.25. The second-order valence-corrected chi connectivity index (χ2v) is 9.39. The van der Waals surface area contributed by atoms with Crippen molar-refractivity contribution in [3.05, 3.63) is 48.5 Å². The average Bonchev–Trinajstić information content (AvgIpc) is 2.70. The molecule has 2 aromatic rings. The second kappa shape index (κ2) is 12.2. The number of hydrogen-bond acceptors (Lipinski definition) is 8. The van der Waals surface area contributed by atoms with Crippen molar-refractivity contribution in [2.75, 3.05) is 36.2 Å². The summed E-state index contributed by atoms with van der Waals surface area (Å²) in [5.41, 5.74) is 12.5. The van der Waals surface area contributed by atoms with E-state index in [1.807, 2.05) is 0 Å². The minimum atomic E-state index is -3.28. The van der Waals surface area contributed by atoms with Crippen molar-refractivity contribution in [3.8, 4) is 11.5 Å². The molecule has 0 radical (unpaired) electrons. The number of nitrogens with two attached hydrogens (primary N) is 2.